The lowest BCUT2D eigenvalue weighted by Crippen LogP contribution is -2.37. The zero-order valence-electron chi connectivity index (χ0n) is 9.46. The molecular weight excluding hydrogens is 257 g/mol. The molecule has 2 nitrogen and oxygen atoms in total. The molecule has 1 aromatic rings. The van der Waals surface area contributed by atoms with Crippen molar-refractivity contribution in [2.24, 2.45) is 0 Å². The van der Waals surface area contributed by atoms with E-state index >= 15 is 0 Å². The van der Waals surface area contributed by atoms with Crippen molar-refractivity contribution in [2.75, 3.05) is 0 Å². The van der Waals surface area contributed by atoms with Crippen molar-refractivity contribution in [3.8, 4) is 0 Å². The molecule has 0 aliphatic heterocycles. The molecule has 0 spiro atoms. The van der Waals surface area contributed by atoms with Crippen LogP contribution in [-0.4, -0.2) is 17.3 Å². The maximum Gasteiger partial charge on any atom is 0.253 e. The van der Waals surface area contributed by atoms with Crippen LogP contribution in [0.2, 0.25) is 5.02 Å². The largest absolute Gasteiger partial charge is 0.349 e. The molecule has 1 saturated carbocycles. The lowest BCUT2D eigenvalue weighted by molar-refractivity contribution is 0.0928. The van der Waals surface area contributed by atoms with Gasteiger partial charge in [-0.25, -0.2) is 0 Å². The van der Waals surface area contributed by atoms with Gasteiger partial charge in [-0.3, -0.25) is 4.79 Å². The maximum atomic E-state index is 12.0. The van der Waals surface area contributed by atoms with Crippen molar-refractivity contribution in [2.45, 2.75) is 37.1 Å². The second-order valence-electron chi connectivity index (χ2n) is 4.40. The van der Waals surface area contributed by atoms with Crippen LogP contribution in [0.1, 0.15) is 36.0 Å². The summed E-state index contributed by atoms with van der Waals surface area (Å²) in [6.07, 6.45) is 3.83. The van der Waals surface area contributed by atoms with E-state index in [0.717, 1.165) is 25.7 Å². The van der Waals surface area contributed by atoms with E-state index in [1.54, 1.807) is 12.1 Å². The number of nitrogens with one attached hydrogen (secondary N) is 1. The van der Waals surface area contributed by atoms with Gasteiger partial charge < -0.3 is 5.32 Å². The molecule has 1 fully saturated rings. The molecule has 17 heavy (non-hydrogen) atoms. The zero-order valence-corrected chi connectivity index (χ0v) is 11.0. The molecule has 2 rings (SSSR count). The van der Waals surface area contributed by atoms with Crippen LogP contribution in [0, 0.1) is 0 Å². The number of rotatable bonds is 2. The summed E-state index contributed by atoms with van der Waals surface area (Å²) < 4.78 is 0. The van der Waals surface area contributed by atoms with Gasteiger partial charge in [0.25, 0.3) is 5.91 Å². The fraction of sp³-hybridized carbons (Fsp3) is 0.462. The molecule has 0 atom stereocenters. The number of carbonyl (C=O) groups excluding carboxylic acids is 1. The first-order chi connectivity index (χ1) is 8.16. The third-order valence-corrected chi connectivity index (χ3v) is 3.88. The fourth-order valence-electron chi connectivity index (χ4n) is 2.11. The first kappa shape index (κ1) is 12.7. The molecule has 1 amide bonds. The van der Waals surface area contributed by atoms with E-state index in [1.807, 2.05) is 12.1 Å². The Morgan fingerprint density at radius 1 is 1.18 bits per heavy atom. The SMILES string of the molecule is O=C(NC1CCC(Cl)CC1)c1ccccc1Cl. The van der Waals surface area contributed by atoms with Crippen molar-refractivity contribution in [1.29, 1.82) is 0 Å². The normalized spacial score (nSPS) is 24.4. The van der Waals surface area contributed by atoms with E-state index in [0.29, 0.717) is 10.6 Å². The second-order valence-corrected chi connectivity index (χ2v) is 5.43. The summed E-state index contributed by atoms with van der Waals surface area (Å²) in [4.78, 5) is 12.0. The molecule has 4 heteroatoms. The first-order valence-corrected chi connectivity index (χ1v) is 6.67. The minimum Gasteiger partial charge on any atom is -0.349 e. The zero-order chi connectivity index (χ0) is 12.3. The van der Waals surface area contributed by atoms with Gasteiger partial charge in [-0.2, -0.15) is 0 Å². The highest BCUT2D eigenvalue weighted by atomic mass is 35.5. The summed E-state index contributed by atoms with van der Waals surface area (Å²) in [7, 11) is 0. The smallest absolute Gasteiger partial charge is 0.253 e. The van der Waals surface area contributed by atoms with Crippen molar-refractivity contribution >= 4 is 29.1 Å². The van der Waals surface area contributed by atoms with Crippen molar-refractivity contribution in [3.63, 3.8) is 0 Å². The minimum atomic E-state index is -0.0892. The standard InChI is InChI=1S/C13H15Cl2NO/c14-9-5-7-10(8-6-9)16-13(17)11-3-1-2-4-12(11)15/h1-4,9-10H,5-8H2,(H,16,17). The number of benzene rings is 1. The molecule has 0 saturated heterocycles. The van der Waals surface area contributed by atoms with Gasteiger partial charge in [0.2, 0.25) is 0 Å². The number of hydrogen-bond donors (Lipinski definition) is 1. The van der Waals surface area contributed by atoms with Gasteiger partial charge in [0, 0.05) is 11.4 Å². The topological polar surface area (TPSA) is 29.1 Å². The van der Waals surface area contributed by atoms with E-state index in [4.69, 9.17) is 23.2 Å². The highest BCUT2D eigenvalue weighted by Gasteiger charge is 2.21. The monoisotopic (exact) mass is 271 g/mol. The minimum absolute atomic E-state index is 0.0892. The molecule has 0 unspecified atom stereocenters. The fourth-order valence-corrected chi connectivity index (χ4v) is 2.58. The lowest BCUT2D eigenvalue weighted by atomic mass is 9.95. The Hall–Kier alpha value is -0.730. The third kappa shape index (κ3) is 3.36. The predicted octanol–water partition coefficient (Wildman–Crippen LogP) is 3.62. The van der Waals surface area contributed by atoms with Gasteiger partial charge in [0.1, 0.15) is 0 Å². The van der Waals surface area contributed by atoms with Crippen molar-refractivity contribution in [3.05, 3.63) is 34.9 Å². The van der Waals surface area contributed by atoms with Gasteiger partial charge in [-0.1, -0.05) is 23.7 Å². The van der Waals surface area contributed by atoms with Crippen molar-refractivity contribution in [1.82, 2.24) is 5.32 Å². The molecule has 1 aliphatic rings. The van der Waals surface area contributed by atoms with Crippen molar-refractivity contribution < 1.29 is 4.79 Å². The van der Waals surface area contributed by atoms with E-state index < -0.39 is 0 Å². The van der Waals surface area contributed by atoms with Crippen LogP contribution in [0.5, 0.6) is 0 Å². The molecule has 92 valence electrons. The molecular formula is C13H15Cl2NO. The number of alkyl halides is 1. The average molecular weight is 272 g/mol. The Morgan fingerprint density at radius 3 is 2.47 bits per heavy atom. The van der Waals surface area contributed by atoms with Crippen LogP contribution < -0.4 is 5.32 Å². The molecule has 1 aromatic carbocycles. The van der Waals surface area contributed by atoms with E-state index in [1.165, 1.54) is 0 Å². The third-order valence-electron chi connectivity index (χ3n) is 3.11. The highest BCUT2D eigenvalue weighted by Crippen LogP contribution is 2.23. The van der Waals surface area contributed by atoms with Gasteiger partial charge in [-0.15, -0.1) is 11.6 Å². The van der Waals surface area contributed by atoms with Crippen LogP contribution in [0.3, 0.4) is 0 Å². The van der Waals surface area contributed by atoms with Gasteiger partial charge in [0.15, 0.2) is 0 Å². The first-order valence-electron chi connectivity index (χ1n) is 5.86. The molecule has 0 bridgehead atoms. The Balaban J connectivity index is 1.96. The number of hydrogen-bond acceptors (Lipinski definition) is 1. The summed E-state index contributed by atoms with van der Waals surface area (Å²) in [5.74, 6) is -0.0892. The van der Waals surface area contributed by atoms with Gasteiger partial charge in [-0.05, 0) is 37.8 Å². The summed E-state index contributed by atoms with van der Waals surface area (Å²) in [5, 5.41) is 3.78. The van der Waals surface area contributed by atoms with Crippen LogP contribution >= 0.6 is 23.2 Å². The van der Waals surface area contributed by atoms with Crippen LogP contribution in [-0.2, 0) is 0 Å². The Bertz CT molecular complexity index is 400. The van der Waals surface area contributed by atoms with Crippen LogP contribution in [0.25, 0.3) is 0 Å². The number of halogens is 2. The molecule has 0 radical (unpaired) electrons. The van der Waals surface area contributed by atoms with Gasteiger partial charge >= 0.3 is 0 Å². The Morgan fingerprint density at radius 2 is 1.82 bits per heavy atom. The Labute approximate surface area is 111 Å². The quantitative estimate of drug-likeness (QED) is 0.818. The second kappa shape index (κ2) is 5.74. The molecule has 1 N–H and O–H groups in total. The maximum absolute atomic E-state index is 12.0. The highest BCUT2D eigenvalue weighted by molar-refractivity contribution is 6.33. The summed E-state index contributed by atoms with van der Waals surface area (Å²) in [5.41, 5.74) is 0.544. The van der Waals surface area contributed by atoms with E-state index in [2.05, 4.69) is 5.32 Å². The molecule has 1 aliphatic carbocycles. The molecule has 0 aromatic heterocycles. The summed E-state index contributed by atoms with van der Waals surface area (Å²) in [6.45, 7) is 0. The van der Waals surface area contributed by atoms with E-state index in [9.17, 15) is 4.79 Å². The molecule has 0 heterocycles. The van der Waals surface area contributed by atoms with Crippen LogP contribution in [0.4, 0.5) is 0 Å². The number of amides is 1. The average Bonchev–Trinajstić information content (AvgIpc) is 2.32. The van der Waals surface area contributed by atoms with E-state index in [-0.39, 0.29) is 17.3 Å². The van der Waals surface area contributed by atoms with Gasteiger partial charge in [0.05, 0.1) is 10.6 Å². The number of carbonyl (C=O) groups is 1. The lowest BCUT2D eigenvalue weighted by Gasteiger charge is -2.25. The summed E-state index contributed by atoms with van der Waals surface area (Å²) >= 11 is 12.0. The van der Waals surface area contributed by atoms with Crippen LogP contribution in [0.15, 0.2) is 24.3 Å². The summed E-state index contributed by atoms with van der Waals surface area (Å²) in [6, 6.07) is 7.33. The Kier molecular flexibility index (Phi) is 4.30. The predicted molar refractivity (Wildman–Crippen MR) is 70.8 cm³/mol.